The fraction of sp³-hybridized carbons (Fsp3) is 0.120. The van der Waals surface area contributed by atoms with E-state index >= 15 is 0 Å². The van der Waals surface area contributed by atoms with Crippen molar-refractivity contribution in [3.8, 4) is 33.9 Å². The van der Waals surface area contributed by atoms with Crippen molar-refractivity contribution >= 4 is 5.84 Å². The lowest BCUT2D eigenvalue weighted by atomic mass is 9.79. The summed E-state index contributed by atoms with van der Waals surface area (Å²) in [5.74, 6) is 0.138. The fourth-order valence-corrected chi connectivity index (χ4v) is 4.43. The van der Waals surface area contributed by atoms with Gasteiger partial charge in [-0.25, -0.2) is 9.97 Å². The summed E-state index contributed by atoms with van der Waals surface area (Å²) in [6.07, 6.45) is 4.35. The molecular weight excluding hydrogens is 440 g/mol. The quantitative estimate of drug-likeness (QED) is 0.453. The molecule has 3 aromatic heterocycles. The van der Waals surface area contributed by atoms with Gasteiger partial charge >= 0.3 is 0 Å². The first-order valence-electron chi connectivity index (χ1n) is 10.5. The van der Waals surface area contributed by atoms with Crippen molar-refractivity contribution in [1.82, 2.24) is 15.0 Å². The molecule has 2 aliphatic rings. The summed E-state index contributed by atoms with van der Waals surface area (Å²) in [4.78, 5) is 16.6. The van der Waals surface area contributed by atoms with Gasteiger partial charge in [0.1, 0.15) is 23.7 Å². The summed E-state index contributed by atoms with van der Waals surface area (Å²) in [6, 6.07) is 13.4. The predicted molar refractivity (Wildman–Crippen MR) is 120 cm³/mol. The van der Waals surface area contributed by atoms with Gasteiger partial charge in [0.05, 0.1) is 18.5 Å². The molecule has 6 rings (SSSR count). The van der Waals surface area contributed by atoms with Gasteiger partial charge in [-0.1, -0.05) is 6.07 Å². The van der Waals surface area contributed by atoms with E-state index in [1.807, 2.05) is 6.07 Å². The Morgan fingerprint density at radius 3 is 2.59 bits per heavy atom. The van der Waals surface area contributed by atoms with E-state index in [0.29, 0.717) is 50.8 Å². The molecular formula is C25H17F2N5O2. The molecule has 34 heavy (non-hydrogen) atoms. The number of aliphatic imine (C=N–C) groups is 1. The van der Waals surface area contributed by atoms with Crippen LogP contribution in [0, 0.1) is 11.9 Å². The zero-order chi connectivity index (χ0) is 23.3. The van der Waals surface area contributed by atoms with Gasteiger partial charge in [0.2, 0.25) is 11.9 Å². The largest absolute Gasteiger partial charge is 0.455 e. The molecule has 1 aromatic carbocycles. The Labute approximate surface area is 193 Å². The fourth-order valence-electron chi connectivity index (χ4n) is 4.43. The highest BCUT2D eigenvalue weighted by Gasteiger charge is 2.45. The van der Waals surface area contributed by atoms with E-state index in [9.17, 15) is 8.78 Å². The topological polar surface area (TPSA) is 95.5 Å². The first-order valence-corrected chi connectivity index (χ1v) is 10.5. The number of aromatic nitrogens is 3. The molecule has 0 bridgehead atoms. The predicted octanol–water partition coefficient (Wildman–Crippen LogP) is 4.22. The van der Waals surface area contributed by atoms with Crippen molar-refractivity contribution in [3.05, 3.63) is 90.1 Å². The minimum absolute atomic E-state index is 0.185. The van der Waals surface area contributed by atoms with E-state index in [2.05, 4.69) is 15.0 Å². The highest BCUT2D eigenvalue weighted by Crippen LogP contribution is 2.51. The molecule has 5 heterocycles. The summed E-state index contributed by atoms with van der Waals surface area (Å²) in [6.45, 7) is 0.377. The number of hydrogen-bond acceptors (Lipinski definition) is 7. The second-order valence-electron chi connectivity index (χ2n) is 8.04. The van der Waals surface area contributed by atoms with Gasteiger partial charge in [-0.2, -0.15) is 8.78 Å². The molecule has 2 aliphatic heterocycles. The normalized spacial score (nSPS) is 18.6. The maximum atomic E-state index is 14.5. The van der Waals surface area contributed by atoms with Gasteiger partial charge in [0.25, 0.3) is 0 Å². The zero-order valence-corrected chi connectivity index (χ0v) is 17.7. The molecule has 2 N–H and O–H groups in total. The molecule has 9 heteroatoms. The highest BCUT2D eigenvalue weighted by molar-refractivity contribution is 5.84. The number of rotatable bonds is 2. The lowest BCUT2D eigenvalue weighted by Crippen LogP contribution is -2.42. The van der Waals surface area contributed by atoms with Crippen LogP contribution < -0.4 is 10.5 Å². The molecule has 0 amide bonds. The minimum Gasteiger partial charge on any atom is -0.455 e. The molecule has 4 aromatic rings. The van der Waals surface area contributed by atoms with Crippen LogP contribution in [0.15, 0.2) is 72.1 Å². The molecule has 0 fully saturated rings. The second-order valence-corrected chi connectivity index (χ2v) is 8.04. The number of fused-ring (bicyclic) bond motifs is 4. The molecule has 0 saturated heterocycles. The standard InChI is InChI=1S/C25H17F2N5O2/c26-22-9-15(5-7-29-22)19-10-18-21(11-31-19)34-20-4-3-14(16-2-1-6-30-24(16)27)8-17(20)25(18)13-33-12-23(28)32-25/h1-11H,12-13H2,(H2,28,32)/t25-/m1/s1. The van der Waals surface area contributed by atoms with Crippen LogP contribution in [0.1, 0.15) is 11.1 Å². The number of hydrogen-bond donors (Lipinski definition) is 1. The van der Waals surface area contributed by atoms with Gasteiger partial charge in [-0.15, -0.1) is 0 Å². The van der Waals surface area contributed by atoms with E-state index in [4.69, 9.17) is 20.2 Å². The molecule has 0 aliphatic carbocycles. The van der Waals surface area contributed by atoms with Crippen LogP contribution in [0.3, 0.4) is 0 Å². The lowest BCUT2D eigenvalue weighted by Gasteiger charge is -2.39. The summed E-state index contributed by atoms with van der Waals surface area (Å²) < 4.78 is 40.2. The Morgan fingerprint density at radius 2 is 1.76 bits per heavy atom. The number of nitrogens with zero attached hydrogens (tertiary/aromatic N) is 4. The smallest absolute Gasteiger partial charge is 0.220 e. The maximum Gasteiger partial charge on any atom is 0.220 e. The maximum absolute atomic E-state index is 14.5. The summed E-state index contributed by atoms with van der Waals surface area (Å²) >= 11 is 0. The van der Waals surface area contributed by atoms with Gasteiger partial charge < -0.3 is 15.2 Å². The van der Waals surface area contributed by atoms with Crippen molar-refractivity contribution < 1.29 is 18.3 Å². The molecule has 0 unspecified atom stereocenters. The lowest BCUT2D eigenvalue weighted by molar-refractivity contribution is 0.110. The van der Waals surface area contributed by atoms with Crippen molar-refractivity contribution in [2.24, 2.45) is 10.7 Å². The molecule has 168 valence electrons. The summed E-state index contributed by atoms with van der Waals surface area (Å²) in [5, 5.41) is 0. The molecule has 1 spiro atoms. The molecule has 1 atom stereocenters. The van der Waals surface area contributed by atoms with Crippen LogP contribution in [0.4, 0.5) is 8.78 Å². The summed E-state index contributed by atoms with van der Waals surface area (Å²) in [7, 11) is 0. The number of benzene rings is 1. The van der Waals surface area contributed by atoms with Crippen LogP contribution in [0.5, 0.6) is 11.5 Å². The number of halogens is 2. The molecule has 0 radical (unpaired) electrons. The Hall–Kier alpha value is -4.24. The average molecular weight is 457 g/mol. The monoisotopic (exact) mass is 457 g/mol. The average Bonchev–Trinajstić information content (AvgIpc) is 2.84. The van der Waals surface area contributed by atoms with Crippen molar-refractivity contribution in [3.63, 3.8) is 0 Å². The highest BCUT2D eigenvalue weighted by atomic mass is 19.1. The second kappa shape index (κ2) is 7.67. The van der Waals surface area contributed by atoms with E-state index < -0.39 is 17.4 Å². The van der Waals surface area contributed by atoms with E-state index in [1.54, 1.807) is 42.6 Å². The molecule has 0 saturated carbocycles. The van der Waals surface area contributed by atoms with Crippen molar-refractivity contribution in [2.75, 3.05) is 13.2 Å². The SMILES string of the molecule is NC1=N[C@]2(COC1)c1cc(-c3cccnc3F)ccc1Oc1cnc(-c3ccnc(F)c3)cc12. The van der Waals surface area contributed by atoms with Gasteiger partial charge in [-0.05, 0) is 42.0 Å². The number of amidine groups is 1. The van der Waals surface area contributed by atoms with E-state index in [-0.39, 0.29) is 13.2 Å². The molecule has 7 nitrogen and oxygen atoms in total. The minimum atomic E-state index is -1.05. The van der Waals surface area contributed by atoms with Crippen LogP contribution in [-0.2, 0) is 10.3 Å². The van der Waals surface area contributed by atoms with Crippen LogP contribution >= 0.6 is 0 Å². The number of nitrogens with two attached hydrogens (primary N) is 1. The Kier molecular flexibility index (Phi) is 4.59. The summed E-state index contributed by atoms with van der Waals surface area (Å²) in [5.41, 5.74) is 8.44. The number of ether oxygens (including phenoxy) is 2. The number of pyridine rings is 3. The third-order valence-electron chi connectivity index (χ3n) is 5.95. The third-order valence-corrected chi connectivity index (χ3v) is 5.95. The zero-order valence-electron chi connectivity index (χ0n) is 17.7. The Balaban J connectivity index is 1.58. The van der Waals surface area contributed by atoms with Crippen LogP contribution in [-0.4, -0.2) is 34.0 Å². The Morgan fingerprint density at radius 1 is 0.882 bits per heavy atom. The van der Waals surface area contributed by atoms with Gasteiger partial charge in [-0.3, -0.25) is 9.98 Å². The third kappa shape index (κ3) is 3.20. The van der Waals surface area contributed by atoms with Crippen LogP contribution in [0.2, 0.25) is 0 Å². The van der Waals surface area contributed by atoms with Crippen LogP contribution in [0.25, 0.3) is 22.4 Å². The first-order chi connectivity index (χ1) is 16.5. The van der Waals surface area contributed by atoms with Crippen molar-refractivity contribution in [1.29, 1.82) is 0 Å². The van der Waals surface area contributed by atoms with Crippen molar-refractivity contribution in [2.45, 2.75) is 5.54 Å². The first kappa shape index (κ1) is 20.4. The van der Waals surface area contributed by atoms with Gasteiger partial charge in [0, 0.05) is 40.7 Å². The van der Waals surface area contributed by atoms with Gasteiger partial charge in [0.15, 0.2) is 5.75 Å². The van der Waals surface area contributed by atoms with E-state index in [1.165, 1.54) is 18.5 Å². The Bertz CT molecular complexity index is 1480. The van der Waals surface area contributed by atoms with E-state index in [0.717, 1.165) is 0 Å².